The molecule has 0 aromatic heterocycles. The van der Waals surface area contributed by atoms with Crippen molar-refractivity contribution in [2.75, 3.05) is 21.3 Å². The summed E-state index contributed by atoms with van der Waals surface area (Å²) in [5.41, 5.74) is -0.778. The summed E-state index contributed by atoms with van der Waals surface area (Å²) in [5.74, 6) is -0.000203. The van der Waals surface area contributed by atoms with E-state index in [-0.39, 0.29) is 0 Å². The number of nitrogens with one attached hydrogen (secondary N) is 1. The SMILES string of the molecule is CCC(C)(NC(=O)c1cc(OC)c(Br)c(OC)c1)C(=O)OC. The Morgan fingerprint density at radius 1 is 1.18 bits per heavy atom. The van der Waals surface area contributed by atoms with Crippen LogP contribution in [0.2, 0.25) is 0 Å². The average Bonchev–Trinajstić information content (AvgIpc) is 2.53. The molecule has 0 aliphatic carbocycles. The largest absolute Gasteiger partial charge is 0.495 e. The van der Waals surface area contributed by atoms with Crippen LogP contribution in [0.15, 0.2) is 16.6 Å². The minimum absolute atomic E-state index is 0.320. The van der Waals surface area contributed by atoms with Crippen LogP contribution < -0.4 is 14.8 Å². The first-order chi connectivity index (χ1) is 10.3. The van der Waals surface area contributed by atoms with Gasteiger partial charge in [0, 0.05) is 5.56 Å². The van der Waals surface area contributed by atoms with Gasteiger partial charge in [-0.1, -0.05) is 6.92 Å². The Morgan fingerprint density at radius 3 is 2.05 bits per heavy atom. The van der Waals surface area contributed by atoms with E-state index >= 15 is 0 Å². The lowest BCUT2D eigenvalue weighted by Gasteiger charge is -2.26. The van der Waals surface area contributed by atoms with E-state index in [9.17, 15) is 9.59 Å². The molecular formula is C15H20BrNO5. The Kier molecular flexibility index (Phi) is 6.22. The highest BCUT2D eigenvalue weighted by Gasteiger charge is 2.34. The third-order valence-corrected chi connectivity index (χ3v) is 4.22. The van der Waals surface area contributed by atoms with E-state index in [1.54, 1.807) is 26.0 Å². The van der Waals surface area contributed by atoms with Crippen molar-refractivity contribution in [1.29, 1.82) is 0 Å². The number of hydrogen-bond acceptors (Lipinski definition) is 5. The van der Waals surface area contributed by atoms with E-state index in [4.69, 9.17) is 14.2 Å². The second kappa shape index (κ2) is 7.49. The molecular weight excluding hydrogens is 354 g/mol. The zero-order chi connectivity index (χ0) is 16.9. The summed E-state index contributed by atoms with van der Waals surface area (Å²) in [6, 6.07) is 3.13. The minimum atomic E-state index is -1.10. The first-order valence-corrected chi connectivity index (χ1v) is 7.44. The van der Waals surface area contributed by atoms with Crippen LogP contribution in [0.1, 0.15) is 30.6 Å². The molecule has 0 saturated heterocycles. The zero-order valence-corrected chi connectivity index (χ0v) is 14.9. The fourth-order valence-electron chi connectivity index (χ4n) is 1.83. The lowest BCUT2D eigenvalue weighted by atomic mass is 9.98. The first kappa shape index (κ1) is 18.3. The molecule has 122 valence electrons. The van der Waals surface area contributed by atoms with Gasteiger partial charge in [0.25, 0.3) is 5.91 Å². The van der Waals surface area contributed by atoms with Crippen molar-refractivity contribution in [1.82, 2.24) is 5.32 Å². The Bertz CT molecular complexity index is 550. The number of rotatable bonds is 6. The van der Waals surface area contributed by atoms with E-state index in [1.807, 2.05) is 0 Å². The predicted molar refractivity (Wildman–Crippen MR) is 85.4 cm³/mol. The summed E-state index contributed by atoms with van der Waals surface area (Å²) < 4.78 is 15.8. The molecule has 1 unspecified atom stereocenters. The number of esters is 1. The van der Waals surface area contributed by atoms with Crippen molar-refractivity contribution >= 4 is 27.8 Å². The number of benzene rings is 1. The molecule has 0 saturated carbocycles. The number of amides is 1. The topological polar surface area (TPSA) is 73.9 Å². The molecule has 0 spiro atoms. The Labute approximate surface area is 138 Å². The molecule has 1 aromatic carbocycles. The molecule has 1 amide bonds. The maximum Gasteiger partial charge on any atom is 0.331 e. The average molecular weight is 374 g/mol. The maximum absolute atomic E-state index is 12.4. The van der Waals surface area contributed by atoms with Crippen LogP contribution in [0.5, 0.6) is 11.5 Å². The smallest absolute Gasteiger partial charge is 0.331 e. The van der Waals surface area contributed by atoms with Crippen LogP contribution in [0.4, 0.5) is 0 Å². The maximum atomic E-state index is 12.4. The number of ether oxygens (including phenoxy) is 3. The number of methoxy groups -OCH3 is 3. The summed E-state index contributed by atoms with van der Waals surface area (Å²) in [7, 11) is 4.27. The molecule has 1 aromatic rings. The molecule has 6 nitrogen and oxygen atoms in total. The van der Waals surface area contributed by atoms with E-state index in [2.05, 4.69) is 21.2 Å². The van der Waals surface area contributed by atoms with Gasteiger partial charge in [-0.25, -0.2) is 4.79 Å². The lowest BCUT2D eigenvalue weighted by molar-refractivity contribution is -0.147. The van der Waals surface area contributed by atoms with E-state index in [1.165, 1.54) is 21.3 Å². The molecule has 22 heavy (non-hydrogen) atoms. The summed E-state index contributed by atoms with van der Waals surface area (Å²) >= 11 is 3.34. The highest BCUT2D eigenvalue weighted by Crippen LogP contribution is 2.35. The molecule has 7 heteroatoms. The van der Waals surface area contributed by atoms with Gasteiger partial charge >= 0.3 is 5.97 Å². The first-order valence-electron chi connectivity index (χ1n) is 6.65. The molecule has 0 aliphatic rings. The van der Waals surface area contributed by atoms with Crippen molar-refractivity contribution in [2.24, 2.45) is 0 Å². The summed E-state index contributed by atoms with van der Waals surface area (Å²) in [4.78, 5) is 24.3. The molecule has 0 radical (unpaired) electrons. The summed E-state index contributed by atoms with van der Waals surface area (Å²) in [6.45, 7) is 3.41. The van der Waals surface area contributed by atoms with Crippen LogP contribution in [-0.2, 0) is 9.53 Å². The Hall–Kier alpha value is -1.76. The van der Waals surface area contributed by atoms with Gasteiger partial charge < -0.3 is 19.5 Å². The van der Waals surface area contributed by atoms with Gasteiger partial charge in [-0.05, 0) is 41.4 Å². The van der Waals surface area contributed by atoms with Gasteiger partial charge in [0.1, 0.15) is 21.5 Å². The third kappa shape index (κ3) is 3.71. The number of halogens is 1. The quantitative estimate of drug-likeness (QED) is 0.775. The molecule has 0 bridgehead atoms. The van der Waals surface area contributed by atoms with Gasteiger partial charge in [-0.15, -0.1) is 0 Å². The zero-order valence-electron chi connectivity index (χ0n) is 13.3. The van der Waals surface area contributed by atoms with Crippen LogP contribution >= 0.6 is 15.9 Å². The second-order valence-corrected chi connectivity index (χ2v) is 5.62. The van der Waals surface area contributed by atoms with Gasteiger partial charge in [0.2, 0.25) is 0 Å². The fraction of sp³-hybridized carbons (Fsp3) is 0.467. The van der Waals surface area contributed by atoms with Gasteiger partial charge in [-0.3, -0.25) is 4.79 Å². The lowest BCUT2D eigenvalue weighted by Crippen LogP contribution is -2.52. The molecule has 0 heterocycles. The number of carbonyl (C=O) groups is 2. The highest BCUT2D eigenvalue weighted by atomic mass is 79.9. The standard InChI is InChI=1S/C15H20BrNO5/c1-6-15(2,14(19)22-5)17-13(18)9-7-10(20-3)12(16)11(8-9)21-4/h7-8H,6H2,1-5H3,(H,17,18). The summed E-state index contributed by atoms with van der Waals surface area (Å²) in [6.07, 6.45) is 0.399. The Morgan fingerprint density at radius 2 is 1.68 bits per heavy atom. The van der Waals surface area contributed by atoms with Crippen LogP contribution in [0.3, 0.4) is 0 Å². The van der Waals surface area contributed by atoms with Crippen LogP contribution in [-0.4, -0.2) is 38.7 Å². The normalized spacial score (nSPS) is 13.0. The van der Waals surface area contributed by atoms with Gasteiger partial charge in [0.15, 0.2) is 0 Å². The monoisotopic (exact) mass is 373 g/mol. The molecule has 0 aliphatic heterocycles. The summed E-state index contributed by atoms with van der Waals surface area (Å²) in [5, 5.41) is 2.69. The minimum Gasteiger partial charge on any atom is -0.495 e. The van der Waals surface area contributed by atoms with Crippen molar-refractivity contribution < 1.29 is 23.8 Å². The van der Waals surface area contributed by atoms with Gasteiger partial charge in [-0.2, -0.15) is 0 Å². The molecule has 1 atom stereocenters. The van der Waals surface area contributed by atoms with Crippen molar-refractivity contribution in [3.63, 3.8) is 0 Å². The van der Waals surface area contributed by atoms with Crippen molar-refractivity contribution in [2.45, 2.75) is 25.8 Å². The van der Waals surface area contributed by atoms with Gasteiger partial charge in [0.05, 0.1) is 21.3 Å². The van der Waals surface area contributed by atoms with E-state index in [0.29, 0.717) is 28.0 Å². The van der Waals surface area contributed by atoms with Crippen LogP contribution in [0, 0.1) is 0 Å². The second-order valence-electron chi connectivity index (χ2n) is 4.83. The van der Waals surface area contributed by atoms with Crippen molar-refractivity contribution in [3.05, 3.63) is 22.2 Å². The van der Waals surface area contributed by atoms with Crippen molar-refractivity contribution in [3.8, 4) is 11.5 Å². The third-order valence-electron chi connectivity index (χ3n) is 3.44. The predicted octanol–water partition coefficient (Wildman–Crippen LogP) is 2.54. The van der Waals surface area contributed by atoms with E-state index in [0.717, 1.165) is 0 Å². The highest BCUT2D eigenvalue weighted by molar-refractivity contribution is 9.10. The van der Waals surface area contributed by atoms with E-state index < -0.39 is 17.4 Å². The fourth-order valence-corrected chi connectivity index (χ4v) is 2.38. The van der Waals surface area contributed by atoms with Crippen LogP contribution in [0.25, 0.3) is 0 Å². The Balaban J connectivity index is 3.15. The number of hydrogen-bond donors (Lipinski definition) is 1. The molecule has 1 rings (SSSR count). The number of carbonyl (C=O) groups excluding carboxylic acids is 2. The molecule has 0 fully saturated rings. The molecule has 1 N–H and O–H groups in total.